The van der Waals surface area contributed by atoms with Gasteiger partial charge in [-0.25, -0.2) is 54.4 Å². The van der Waals surface area contributed by atoms with Crippen LogP contribution in [0.25, 0.3) is 33.5 Å². The van der Waals surface area contributed by atoms with E-state index in [-0.39, 0.29) is 80.7 Å². The molecule has 6 bridgehead atoms. The lowest BCUT2D eigenvalue weighted by atomic mass is 9.94. The Balaban J connectivity index is 0.661. The summed E-state index contributed by atoms with van der Waals surface area (Å²) in [6.07, 6.45) is -16.6. The number of imidazole rings is 3. The third-order valence-corrected chi connectivity index (χ3v) is 27.7. The van der Waals surface area contributed by atoms with E-state index in [2.05, 4.69) is 54.8 Å². The second-order valence-electron chi connectivity index (χ2n) is 27.7. The molecule has 8 aromatic heterocycles. The highest BCUT2D eigenvalue weighted by atomic mass is 32.7. The predicted octanol–water partition coefficient (Wildman–Crippen LogP) is -2.61. The maximum Gasteiger partial charge on any atom is 0.351 e. The Morgan fingerprint density at radius 1 is 0.553 bits per heavy atom. The number of hydrogen-bond acceptors (Lipinski definition) is 46. The summed E-state index contributed by atoms with van der Waals surface area (Å²) in [7, 11) is -10.9. The lowest BCUT2D eigenvalue weighted by Crippen LogP contribution is -2.52. The van der Waals surface area contributed by atoms with E-state index in [0.717, 1.165) is 28.9 Å². The zero-order valence-electron chi connectivity index (χ0n) is 59.8. The van der Waals surface area contributed by atoms with Crippen molar-refractivity contribution < 1.29 is 122 Å². The number of H-pyrrole nitrogens is 1. The molecule has 49 nitrogen and oxygen atoms in total. The average Bonchev–Trinajstić information content (AvgIpc) is 1.56. The smallest absolute Gasteiger partial charge is 0.351 e. The molecule has 0 radical (unpaired) electrons. The van der Waals surface area contributed by atoms with Gasteiger partial charge >= 0.3 is 11.4 Å². The van der Waals surface area contributed by atoms with Gasteiger partial charge < -0.3 is 143 Å². The molecule has 0 aromatic carbocycles. The maximum absolute atomic E-state index is 15.0. The van der Waals surface area contributed by atoms with Crippen molar-refractivity contribution in [2.45, 2.75) is 175 Å². The maximum atomic E-state index is 15.0. The monoisotopic (exact) mass is 1750 g/mol. The van der Waals surface area contributed by atoms with E-state index in [1.165, 1.54) is 79.1 Å². The summed E-state index contributed by atoms with van der Waals surface area (Å²) in [4.78, 5) is 140. The van der Waals surface area contributed by atoms with Gasteiger partial charge in [0.15, 0.2) is 59.9 Å². The molecule has 8 fully saturated rings. The first-order chi connectivity index (χ1) is 53.9. The molecule has 8 aliphatic rings. The highest BCUT2D eigenvalue weighted by molar-refractivity contribution is 8.32. The number of fused-ring (bicyclic) bond motifs is 9. The first-order valence-corrected chi connectivity index (χ1v) is 44.9. The van der Waals surface area contributed by atoms with Crippen molar-refractivity contribution in [3.8, 4) is 0 Å². The van der Waals surface area contributed by atoms with Crippen LogP contribution >= 0.6 is 35.9 Å². The summed E-state index contributed by atoms with van der Waals surface area (Å²) in [5.41, 5.74) is 16.6. The van der Waals surface area contributed by atoms with Crippen LogP contribution in [0.15, 0.2) is 64.7 Å². The molecule has 114 heavy (non-hydrogen) atoms. The molecule has 618 valence electrons. The number of anilines is 4. The van der Waals surface area contributed by atoms with E-state index in [4.69, 9.17) is 142 Å². The van der Waals surface area contributed by atoms with Gasteiger partial charge in [0, 0.05) is 43.5 Å². The van der Waals surface area contributed by atoms with Gasteiger partial charge in [-0.2, -0.15) is 4.98 Å². The number of nitrogens with two attached hydrogens (primary N) is 4. The molecule has 0 amide bonds. The molecule has 8 saturated heterocycles. The Morgan fingerprint density at radius 2 is 0.991 bits per heavy atom. The van der Waals surface area contributed by atoms with Gasteiger partial charge in [-0.05, 0) is 34.6 Å². The summed E-state index contributed by atoms with van der Waals surface area (Å²) < 4.78 is 159. The number of hydrogen-bond donors (Lipinski definition) is 6. The molecular formula is C57H68N20O29P5S3-5. The SMILES string of the molecule is COP([O-])(=S)OC1C[C@H](n2cc(C)c(=O)[nH]c2=O)O[C@@H]1COP(=O)([S-])OC1C[C@H](n2cnc3c(N)ncnc32)O[C@@H]1COP(=O)([O-])OC1[C@@H]2O[C@@H](C)[C@]1(COP(=O)([O-])OC1[C@@H]3O[C@@H](C)[C@]1(COP([O-])(=S)OC1[C@@H]4O[C@@H](C)[C@]1(CO)O[C@H]4n1cnc4c(N)ncnc41)O[C@H]3n1cc(C)c(N)nc1=O)O[C@H]2n1cnc2c(N)ncnc21. The van der Waals surface area contributed by atoms with Crippen LogP contribution in [-0.2, 0) is 133 Å². The Kier molecular flexibility index (Phi) is 21.4. The van der Waals surface area contributed by atoms with Crippen LogP contribution in [0.4, 0.5) is 23.3 Å². The largest absolute Gasteiger partial charge is 0.780 e. The number of ether oxygens (including phenoxy) is 8. The fourth-order valence-corrected chi connectivity index (χ4v) is 21.1. The van der Waals surface area contributed by atoms with Gasteiger partial charge in [0.05, 0.1) is 82.5 Å². The van der Waals surface area contributed by atoms with Gasteiger partial charge in [0.25, 0.3) is 21.2 Å². The highest BCUT2D eigenvalue weighted by Gasteiger charge is 2.72. The van der Waals surface area contributed by atoms with Crippen LogP contribution in [0.3, 0.4) is 0 Å². The van der Waals surface area contributed by atoms with Gasteiger partial charge in [-0.1, -0.05) is 23.6 Å². The summed E-state index contributed by atoms with van der Waals surface area (Å²) in [6, 6.07) is 0. The number of phosphoric acid groups is 2. The molecule has 10 unspecified atom stereocenters. The molecule has 16 rings (SSSR count). The van der Waals surface area contributed by atoms with Crippen molar-refractivity contribution in [3.05, 3.63) is 92.8 Å². The van der Waals surface area contributed by atoms with E-state index >= 15 is 9.46 Å². The standard InChI is InChI=1S/C57H73N20O29P5S3/c1-22-9-74(53(80)71-42(22)58)50-37-40(57(100-50,26(5)95-37)15-93-111(88,114)106-39-36-51(99-55(39,13-78)24(3)94-36)76-20-69-34-44(60)63-17-66-47(34)76)105-108(84,85)92-14-56-25(4)96-38(52(101-56)77-21-70-35-45(61)64-18-67-48(35)77)41(56)104-107(82,83)90-11-29-28(8-32(98-29)75-19-68-33-43(59)62-16-65-46(33)75)103-110(87,113)91-12-30-27(102-109(86,112)89-6)7-31(97-30)73-10-23(2)49(79)72-54(73)81/h9-10,16-21,24-32,36-41,50-52,78H,7-8,11-15H2,1-6H3,(H,82,83)(H,84,85)(H,86,112)(H,87,113)(H,88,114)(H2,58,71,80)(H2,59,62,65)(H2,60,63,66)(H2,61,64,67)(H,72,79,81)/p-5/t24-,25-,26-,27?,28?,29+,30+,31+,32+,36-,37-,38-,39?,40?,41?,50+,51+,52+,55-,56-,57-,109?,110?,111?/m0/s1. The second-order valence-corrected chi connectivity index (χ2v) is 38.6. The Labute approximate surface area is 655 Å². The molecule has 8 aromatic rings. The molecule has 8 aliphatic heterocycles. The van der Waals surface area contributed by atoms with Gasteiger partial charge in [-0.15, -0.1) is 0 Å². The van der Waals surface area contributed by atoms with Crippen LogP contribution in [-0.4, -0.2) is 219 Å². The Bertz CT molecular complexity index is 5560. The minimum Gasteiger partial charge on any atom is -0.780 e. The minimum absolute atomic E-state index is 0.0210. The number of rotatable bonds is 29. The number of nitrogens with one attached hydrogen (secondary N) is 1. The topological polar surface area (TPSA) is 654 Å². The molecular weight excluding hydrogens is 1680 g/mol. The molecule has 10 N–H and O–H groups in total. The minimum atomic E-state index is -6.00. The molecule has 0 aliphatic carbocycles. The van der Waals surface area contributed by atoms with Crippen LogP contribution in [0.5, 0.6) is 0 Å². The van der Waals surface area contributed by atoms with Crippen molar-refractivity contribution in [1.82, 2.24) is 77.7 Å². The number of aromatic amines is 1. The number of aliphatic hydroxyl groups excluding tert-OH is 1. The number of aliphatic hydroxyl groups is 1. The molecule has 16 heterocycles. The van der Waals surface area contributed by atoms with Crippen molar-refractivity contribution in [3.63, 3.8) is 0 Å². The third kappa shape index (κ3) is 14.5. The number of nitrogen functional groups attached to an aromatic ring is 4. The van der Waals surface area contributed by atoms with Crippen molar-refractivity contribution >= 4 is 129 Å². The van der Waals surface area contributed by atoms with Crippen LogP contribution in [0, 0.1) is 13.8 Å². The summed E-state index contributed by atoms with van der Waals surface area (Å²) in [6.45, 7) is -11.5. The number of phosphoric ester groups is 2. The summed E-state index contributed by atoms with van der Waals surface area (Å²) in [5.74, 6) is -0.234. The van der Waals surface area contributed by atoms with Crippen LogP contribution < -0.4 is 59.4 Å². The number of aryl methyl sites for hydroxylation is 2. The summed E-state index contributed by atoms with van der Waals surface area (Å²) >= 11 is 16.0. The van der Waals surface area contributed by atoms with E-state index < -0.39 is 213 Å². The average molecular weight is 1750 g/mol. The van der Waals surface area contributed by atoms with Crippen molar-refractivity contribution in [2.24, 2.45) is 0 Å². The fourth-order valence-electron chi connectivity index (χ4n) is 15.2. The predicted molar refractivity (Wildman–Crippen MR) is 383 cm³/mol. The first-order valence-electron chi connectivity index (χ1n) is 34.4. The quantitative estimate of drug-likeness (QED) is 0.0207. The number of aromatic nitrogens is 16. The lowest BCUT2D eigenvalue weighted by molar-refractivity contribution is -0.255. The third-order valence-electron chi connectivity index (χ3n) is 21.1. The van der Waals surface area contributed by atoms with Gasteiger partial charge in [-0.3, -0.25) is 46.3 Å². The Morgan fingerprint density at radius 3 is 1.52 bits per heavy atom. The molecule has 26 atom stereocenters. The zero-order valence-corrected chi connectivity index (χ0v) is 66.7. The normalized spacial score (nSPS) is 35.0. The molecule has 0 saturated carbocycles. The van der Waals surface area contributed by atoms with Crippen LogP contribution in [0.1, 0.15) is 75.9 Å². The van der Waals surface area contributed by atoms with Gasteiger partial charge in [0.2, 0.25) is 0 Å². The van der Waals surface area contributed by atoms with Crippen molar-refractivity contribution in [2.75, 3.05) is 63.1 Å². The molecule has 57 heteroatoms. The van der Waals surface area contributed by atoms with Crippen molar-refractivity contribution in [1.29, 1.82) is 0 Å². The van der Waals surface area contributed by atoms with Crippen LogP contribution in [0.2, 0.25) is 0 Å². The van der Waals surface area contributed by atoms with E-state index in [0.29, 0.717) is 0 Å². The van der Waals surface area contributed by atoms with E-state index in [1.54, 1.807) is 6.92 Å². The molecule has 0 spiro atoms. The lowest BCUT2D eigenvalue weighted by Gasteiger charge is -2.41. The summed E-state index contributed by atoms with van der Waals surface area (Å²) in [5, 5.41) is 11.0. The highest BCUT2D eigenvalue weighted by Crippen LogP contribution is 2.62. The van der Waals surface area contributed by atoms with E-state index in [9.17, 15) is 43.3 Å². The Hall–Kier alpha value is -6.17. The fraction of sp³-hybridized carbons (Fsp3) is 0.596. The van der Waals surface area contributed by atoms with E-state index in [1.807, 2.05) is 0 Å². The van der Waals surface area contributed by atoms with Gasteiger partial charge in [0.1, 0.15) is 133 Å². The number of nitrogens with zero attached hydrogens (tertiary/aromatic N) is 15. The second kappa shape index (κ2) is 30.0. The zero-order chi connectivity index (χ0) is 81.1. The first kappa shape index (κ1) is 81.6.